The molecule has 4 nitrogen and oxygen atoms in total. The van der Waals surface area contributed by atoms with Gasteiger partial charge in [-0.05, 0) is 48.4 Å². The lowest BCUT2D eigenvalue weighted by atomic mass is 10.1. The number of benzene rings is 2. The van der Waals surface area contributed by atoms with Gasteiger partial charge in [-0.15, -0.1) is 0 Å². The second kappa shape index (κ2) is 8.49. The summed E-state index contributed by atoms with van der Waals surface area (Å²) >= 11 is 13.9. The Morgan fingerprint density at radius 1 is 1.10 bits per heavy atom. The van der Waals surface area contributed by atoms with Crippen LogP contribution in [-0.2, 0) is 17.8 Å². The van der Waals surface area contributed by atoms with Gasteiger partial charge in [-0.1, -0.05) is 58.8 Å². The minimum absolute atomic E-state index is 0.0911. The van der Waals surface area contributed by atoms with Gasteiger partial charge in [0, 0.05) is 16.2 Å². The van der Waals surface area contributed by atoms with Crippen LogP contribution in [0.1, 0.15) is 16.8 Å². The predicted molar refractivity (Wildman–Crippen MR) is 120 cm³/mol. The van der Waals surface area contributed by atoms with Crippen molar-refractivity contribution in [3.63, 3.8) is 0 Å². The Bertz CT molecular complexity index is 1180. The molecular formula is C22H17Cl2N3OS. The molecule has 2 aromatic heterocycles. The van der Waals surface area contributed by atoms with Gasteiger partial charge in [0.05, 0.1) is 28.9 Å². The van der Waals surface area contributed by atoms with Gasteiger partial charge in [0.2, 0.25) is 5.91 Å². The molecule has 1 amide bonds. The fourth-order valence-electron chi connectivity index (χ4n) is 3.07. The predicted octanol–water partition coefficient (Wildman–Crippen LogP) is 6.08. The molecule has 0 atom stereocenters. The molecule has 4 aromatic rings. The highest BCUT2D eigenvalue weighted by Gasteiger charge is 2.22. The molecule has 29 heavy (non-hydrogen) atoms. The quantitative estimate of drug-likeness (QED) is 0.376. The molecule has 0 unspecified atom stereocenters. The fraction of sp³-hybridized carbons (Fsp3) is 0.136. The Hall–Kier alpha value is -2.47. The first-order valence-corrected chi connectivity index (χ1v) is 10.6. The SMILES string of the molecule is Cc1cc(Cl)cc2sc(N(Cc3ccccn3)C(=O)Cc3ccccc3Cl)nc12. The number of carbonyl (C=O) groups excluding carboxylic acids is 1. The van der Waals surface area contributed by atoms with Crippen LogP contribution in [0.3, 0.4) is 0 Å². The lowest BCUT2D eigenvalue weighted by Crippen LogP contribution is -2.32. The number of carbonyl (C=O) groups is 1. The number of nitrogens with zero attached hydrogens (tertiary/aromatic N) is 3. The van der Waals surface area contributed by atoms with Crippen LogP contribution < -0.4 is 4.90 Å². The Kier molecular flexibility index (Phi) is 5.81. The van der Waals surface area contributed by atoms with Gasteiger partial charge in [0.15, 0.2) is 5.13 Å². The van der Waals surface area contributed by atoms with Crippen LogP contribution >= 0.6 is 34.5 Å². The largest absolute Gasteiger partial charge is 0.282 e. The topological polar surface area (TPSA) is 46.1 Å². The van der Waals surface area contributed by atoms with Crippen molar-refractivity contribution >= 4 is 55.8 Å². The van der Waals surface area contributed by atoms with E-state index in [1.165, 1.54) is 11.3 Å². The van der Waals surface area contributed by atoms with Crippen LogP contribution in [0, 0.1) is 6.92 Å². The molecule has 0 N–H and O–H groups in total. The number of aryl methyl sites for hydroxylation is 1. The monoisotopic (exact) mass is 441 g/mol. The Morgan fingerprint density at radius 3 is 2.66 bits per heavy atom. The first-order valence-electron chi connectivity index (χ1n) is 9.01. The molecule has 0 radical (unpaired) electrons. The number of fused-ring (bicyclic) bond motifs is 1. The van der Waals surface area contributed by atoms with E-state index in [9.17, 15) is 4.79 Å². The molecule has 0 bridgehead atoms. The molecule has 0 aliphatic carbocycles. The van der Waals surface area contributed by atoms with Crippen molar-refractivity contribution < 1.29 is 4.79 Å². The summed E-state index contributed by atoms with van der Waals surface area (Å²) in [4.78, 5) is 24.1. The van der Waals surface area contributed by atoms with Crippen LogP contribution in [0.2, 0.25) is 10.0 Å². The number of amides is 1. The second-order valence-electron chi connectivity index (χ2n) is 6.64. The highest BCUT2D eigenvalue weighted by molar-refractivity contribution is 7.22. The van der Waals surface area contributed by atoms with E-state index in [0.717, 1.165) is 27.0 Å². The van der Waals surface area contributed by atoms with Gasteiger partial charge in [-0.3, -0.25) is 14.7 Å². The molecule has 0 aliphatic heterocycles. The summed E-state index contributed by atoms with van der Waals surface area (Å²) < 4.78 is 0.946. The molecular weight excluding hydrogens is 425 g/mol. The van der Waals surface area contributed by atoms with Crippen LogP contribution in [0.15, 0.2) is 60.8 Å². The standard InChI is InChI=1S/C22H17Cl2N3OS/c1-14-10-16(23)12-19-21(14)26-22(29-19)27(13-17-7-4-5-9-25-17)20(28)11-15-6-2-3-8-18(15)24/h2-10,12H,11,13H2,1H3. The van der Waals surface area contributed by atoms with E-state index in [4.69, 9.17) is 28.2 Å². The summed E-state index contributed by atoms with van der Waals surface area (Å²) in [6.45, 7) is 2.29. The number of hydrogen-bond acceptors (Lipinski definition) is 4. The molecule has 0 fully saturated rings. The van der Waals surface area contributed by atoms with Crippen molar-refractivity contribution in [3.8, 4) is 0 Å². The Labute approximate surface area is 182 Å². The van der Waals surface area contributed by atoms with Crippen LogP contribution in [0.5, 0.6) is 0 Å². The van der Waals surface area contributed by atoms with E-state index in [2.05, 4.69) is 4.98 Å². The Balaban J connectivity index is 1.73. The van der Waals surface area contributed by atoms with E-state index in [-0.39, 0.29) is 12.3 Å². The van der Waals surface area contributed by atoms with Gasteiger partial charge in [0.1, 0.15) is 0 Å². The van der Waals surface area contributed by atoms with Crippen LogP contribution in [-0.4, -0.2) is 15.9 Å². The fourth-order valence-corrected chi connectivity index (χ4v) is 4.71. The summed E-state index contributed by atoms with van der Waals surface area (Å²) in [6.07, 6.45) is 1.90. The van der Waals surface area contributed by atoms with Crippen molar-refractivity contribution in [2.24, 2.45) is 0 Å². The molecule has 0 spiro atoms. The van der Waals surface area contributed by atoms with E-state index in [0.29, 0.717) is 21.7 Å². The molecule has 7 heteroatoms. The molecule has 2 aromatic carbocycles. The third kappa shape index (κ3) is 4.42. The van der Waals surface area contributed by atoms with Crippen molar-refractivity contribution in [2.45, 2.75) is 19.9 Å². The molecule has 146 valence electrons. The van der Waals surface area contributed by atoms with Gasteiger partial charge in [-0.25, -0.2) is 4.98 Å². The first-order chi connectivity index (χ1) is 14.0. The smallest absolute Gasteiger partial charge is 0.233 e. The van der Waals surface area contributed by atoms with Crippen molar-refractivity contribution in [3.05, 3.63) is 87.7 Å². The maximum absolute atomic E-state index is 13.3. The summed E-state index contributed by atoms with van der Waals surface area (Å²) in [7, 11) is 0. The number of rotatable bonds is 5. The molecule has 0 saturated heterocycles. The highest BCUT2D eigenvalue weighted by Crippen LogP contribution is 2.34. The lowest BCUT2D eigenvalue weighted by molar-refractivity contribution is -0.118. The summed E-state index contributed by atoms with van der Waals surface area (Å²) in [5.41, 5.74) is 3.40. The van der Waals surface area contributed by atoms with E-state index in [1.807, 2.05) is 55.5 Å². The van der Waals surface area contributed by atoms with Crippen molar-refractivity contribution in [2.75, 3.05) is 4.90 Å². The minimum atomic E-state index is -0.0911. The number of hydrogen-bond donors (Lipinski definition) is 0. The van der Waals surface area contributed by atoms with Crippen molar-refractivity contribution in [1.82, 2.24) is 9.97 Å². The van der Waals surface area contributed by atoms with E-state index >= 15 is 0 Å². The first kappa shape index (κ1) is 19.8. The number of aromatic nitrogens is 2. The van der Waals surface area contributed by atoms with Crippen molar-refractivity contribution in [1.29, 1.82) is 0 Å². The normalized spacial score (nSPS) is 11.0. The number of pyridine rings is 1. The van der Waals surface area contributed by atoms with Crippen LogP contribution in [0.4, 0.5) is 5.13 Å². The molecule has 0 aliphatic rings. The second-order valence-corrected chi connectivity index (χ2v) is 8.49. The number of halogens is 2. The maximum atomic E-state index is 13.3. The molecule has 4 rings (SSSR count). The summed E-state index contributed by atoms with van der Waals surface area (Å²) in [6, 6.07) is 16.8. The molecule has 2 heterocycles. The third-order valence-electron chi connectivity index (χ3n) is 4.52. The Morgan fingerprint density at radius 2 is 1.90 bits per heavy atom. The van der Waals surface area contributed by atoms with Gasteiger partial charge in [-0.2, -0.15) is 0 Å². The van der Waals surface area contributed by atoms with Gasteiger partial charge < -0.3 is 0 Å². The van der Waals surface area contributed by atoms with E-state index < -0.39 is 0 Å². The minimum Gasteiger partial charge on any atom is -0.282 e. The van der Waals surface area contributed by atoms with Gasteiger partial charge >= 0.3 is 0 Å². The molecule has 0 saturated carbocycles. The highest BCUT2D eigenvalue weighted by atomic mass is 35.5. The van der Waals surface area contributed by atoms with Gasteiger partial charge in [0.25, 0.3) is 0 Å². The average molecular weight is 442 g/mol. The maximum Gasteiger partial charge on any atom is 0.233 e. The third-order valence-corrected chi connectivity index (χ3v) is 6.13. The lowest BCUT2D eigenvalue weighted by Gasteiger charge is -2.20. The van der Waals surface area contributed by atoms with E-state index in [1.54, 1.807) is 17.2 Å². The number of thiazole rings is 1. The average Bonchev–Trinajstić information content (AvgIpc) is 3.12. The zero-order chi connectivity index (χ0) is 20.4. The zero-order valence-electron chi connectivity index (χ0n) is 15.6. The zero-order valence-corrected chi connectivity index (χ0v) is 17.9. The summed E-state index contributed by atoms with van der Waals surface area (Å²) in [5, 5.41) is 1.85. The number of anilines is 1. The van der Waals surface area contributed by atoms with Crippen LogP contribution in [0.25, 0.3) is 10.2 Å². The summed E-state index contributed by atoms with van der Waals surface area (Å²) in [5.74, 6) is -0.0911.